The molecule has 0 aliphatic rings. The van der Waals surface area contributed by atoms with E-state index in [4.69, 9.17) is 21.5 Å². The highest BCUT2D eigenvalue weighted by molar-refractivity contribution is 6.30. The molecular weight excluding hydrogens is 394 g/mol. The number of ketones is 1. The number of halogens is 1. The Hall–Kier alpha value is -3.16. The third-order valence-electron chi connectivity index (χ3n) is 4.38. The predicted molar refractivity (Wildman–Crippen MR) is 109 cm³/mol. The van der Waals surface area contributed by atoms with Crippen molar-refractivity contribution in [2.75, 3.05) is 14.2 Å². The molecule has 8 heteroatoms. The number of hydrogen-bond acceptors (Lipinski definition) is 5. The zero-order chi connectivity index (χ0) is 21.0. The smallest absolute Gasteiger partial charge is 0.246 e. The van der Waals surface area contributed by atoms with E-state index in [1.165, 1.54) is 7.05 Å². The molecule has 29 heavy (non-hydrogen) atoms. The molecule has 0 aliphatic heterocycles. The lowest BCUT2D eigenvalue weighted by atomic mass is 10.1. The third kappa shape index (κ3) is 4.82. The fraction of sp³-hybridized carbons (Fsp3) is 0.190. The Bertz CT molecular complexity index is 1010. The van der Waals surface area contributed by atoms with Gasteiger partial charge in [0.1, 0.15) is 11.4 Å². The van der Waals surface area contributed by atoms with Crippen molar-refractivity contribution in [2.24, 2.45) is 0 Å². The number of aromatic nitrogens is 2. The van der Waals surface area contributed by atoms with E-state index >= 15 is 0 Å². The number of Topliss-reactive ketones (excluding diaryl/α,β-unsaturated/α-hetero) is 1. The number of hydrogen-bond donors (Lipinski definition) is 1. The van der Waals surface area contributed by atoms with Crippen LogP contribution in [0.4, 0.5) is 0 Å². The van der Waals surface area contributed by atoms with Gasteiger partial charge < -0.3 is 4.74 Å². The molecule has 0 spiro atoms. The fourth-order valence-corrected chi connectivity index (χ4v) is 2.90. The number of benzene rings is 2. The van der Waals surface area contributed by atoms with Crippen molar-refractivity contribution in [3.05, 3.63) is 65.3 Å². The van der Waals surface area contributed by atoms with E-state index in [0.29, 0.717) is 21.5 Å². The summed E-state index contributed by atoms with van der Waals surface area (Å²) in [6.45, 7) is 0. The van der Waals surface area contributed by atoms with Crippen LogP contribution in [0.3, 0.4) is 0 Å². The molecule has 0 unspecified atom stereocenters. The molecule has 0 saturated heterocycles. The number of rotatable bonds is 7. The molecule has 150 valence electrons. The molecular formula is C21H20ClN3O4. The zero-order valence-electron chi connectivity index (χ0n) is 16.0. The summed E-state index contributed by atoms with van der Waals surface area (Å²) in [6.07, 6.45) is -0.152. The van der Waals surface area contributed by atoms with Gasteiger partial charge in [0, 0.05) is 30.5 Å². The highest BCUT2D eigenvalue weighted by Gasteiger charge is 2.18. The molecule has 0 radical (unpaired) electrons. The summed E-state index contributed by atoms with van der Waals surface area (Å²) in [5.41, 5.74) is 2.53. The number of carbonyl (C=O) groups is 2. The van der Waals surface area contributed by atoms with Crippen LogP contribution in [0.1, 0.15) is 23.3 Å². The number of ether oxygens (including phenoxy) is 1. The van der Waals surface area contributed by atoms with Gasteiger partial charge in [-0.1, -0.05) is 23.7 Å². The van der Waals surface area contributed by atoms with Crippen LogP contribution in [-0.2, 0) is 4.79 Å². The van der Waals surface area contributed by atoms with E-state index in [1.54, 1.807) is 42.1 Å². The molecule has 7 nitrogen and oxygen atoms in total. The van der Waals surface area contributed by atoms with Crippen LogP contribution in [0.2, 0.25) is 5.02 Å². The number of carbonyl (C=O) groups excluding carboxylic acids is 2. The predicted octanol–water partition coefficient (Wildman–Crippen LogP) is 4.01. The number of methoxy groups -OCH3 is 1. The second kappa shape index (κ2) is 8.89. The molecule has 3 aromatic rings. The van der Waals surface area contributed by atoms with Gasteiger partial charge >= 0.3 is 0 Å². The van der Waals surface area contributed by atoms with Crippen molar-refractivity contribution in [1.82, 2.24) is 14.8 Å². The molecule has 1 aromatic heterocycles. The lowest BCUT2D eigenvalue weighted by Gasteiger charge is -2.08. The van der Waals surface area contributed by atoms with Gasteiger partial charge in [0.15, 0.2) is 5.78 Å². The quantitative estimate of drug-likeness (QED) is 0.359. The third-order valence-corrected chi connectivity index (χ3v) is 4.63. The first-order chi connectivity index (χ1) is 13.9. The number of amides is 1. The van der Waals surface area contributed by atoms with E-state index in [2.05, 4.69) is 5.10 Å². The fourth-order valence-electron chi connectivity index (χ4n) is 2.77. The highest BCUT2D eigenvalue weighted by atomic mass is 35.5. The minimum atomic E-state index is -0.536. The first-order valence-corrected chi connectivity index (χ1v) is 9.26. The maximum absolute atomic E-state index is 12.6. The molecule has 1 N–H and O–H groups in total. The molecule has 0 atom stereocenters. The summed E-state index contributed by atoms with van der Waals surface area (Å²) in [6, 6.07) is 16.2. The van der Waals surface area contributed by atoms with Crippen LogP contribution in [0.5, 0.6) is 5.75 Å². The van der Waals surface area contributed by atoms with E-state index in [1.807, 2.05) is 24.3 Å². The Kier molecular flexibility index (Phi) is 6.31. The van der Waals surface area contributed by atoms with Gasteiger partial charge in [-0.15, -0.1) is 0 Å². The van der Waals surface area contributed by atoms with E-state index in [9.17, 15) is 9.59 Å². The van der Waals surface area contributed by atoms with Crippen LogP contribution < -0.4 is 4.74 Å². The Morgan fingerprint density at radius 2 is 1.76 bits per heavy atom. The molecule has 0 aliphatic carbocycles. The SMILES string of the molecule is COc1ccc(-n2nc(C(=O)CCC(=O)N(C)O)cc2-c2ccc(Cl)cc2)cc1. The normalized spacial score (nSPS) is 10.6. The van der Waals surface area contributed by atoms with Crippen molar-refractivity contribution in [2.45, 2.75) is 12.8 Å². The van der Waals surface area contributed by atoms with Crippen molar-refractivity contribution in [1.29, 1.82) is 0 Å². The number of nitrogens with zero attached hydrogens (tertiary/aromatic N) is 3. The standard InChI is InChI=1S/C21H20ClN3O4/c1-24(28)21(27)12-11-20(26)18-13-19(14-3-5-15(22)6-4-14)25(23-18)16-7-9-17(29-2)10-8-16/h3-10,13,28H,11-12H2,1-2H3. The molecule has 1 heterocycles. The summed E-state index contributed by atoms with van der Waals surface area (Å²) in [7, 11) is 2.81. The summed E-state index contributed by atoms with van der Waals surface area (Å²) in [4.78, 5) is 24.1. The van der Waals surface area contributed by atoms with Gasteiger partial charge in [-0.3, -0.25) is 14.8 Å². The average molecular weight is 414 g/mol. The lowest BCUT2D eigenvalue weighted by molar-refractivity contribution is -0.159. The van der Waals surface area contributed by atoms with Crippen molar-refractivity contribution >= 4 is 23.3 Å². The van der Waals surface area contributed by atoms with Crippen molar-refractivity contribution in [3.63, 3.8) is 0 Å². The second-order valence-corrected chi connectivity index (χ2v) is 6.81. The van der Waals surface area contributed by atoms with Crippen LogP contribution in [-0.4, -0.2) is 45.9 Å². The van der Waals surface area contributed by atoms with Gasteiger partial charge in [-0.05, 0) is 42.5 Å². The van der Waals surface area contributed by atoms with Crippen LogP contribution in [0, 0.1) is 0 Å². The molecule has 1 amide bonds. The van der Waals surface area contributed by atoms with Gasteiger partial charge in [-0.25, -0.2) is 9.75 Å². The van der Waals surface area contributed by atoms with Gasteiger partial charge in [0.2, 0.25) is 5.91 Å². The maximum Gasteiger partial charge on any atom is 0.246 e. The van der Waals surface area contributed by atoms with Gasteiger partial charge in [0.25, 0.3) is 0 Å². The van der Waals surface area contributed by atoms with Crippen molar-refractivity contribution in [3.8, 4) is 22.7 Å². The summed E-state index contributed by atoms with van der Waals surface area (Å²) >= 11 is 5.99. The van der Waals surface area contributed by atoms with Crippen LogP contribution >= 0.6 is 11.6 Å². The maximum atomic E-state index is 12.6. The molecule has 0 fully saturated rings. The first kappa shape index (κ1) is 20.6. The van der Waals surface area contributed by atoms with Crippen LogP contribution in [0.25, 0.3) is 16.9 Å². The molecule has 0 saturated carbocycles. The lowest BCUT2D eigenvalue weighted by Crippen LogP contribution is -2.23. The minimum absolute atomic E-state index is 0.0522. The molecule has 2 aromatic carbocycles. The van der Waals surface area contributed by atoms with E-state index in [-0.39, 0.29) is 24.3 Å². The Balaban J connectivity index is 1.97. The summed E-state index contributed by atoms with van der Waals surface area (Å²) < 4.78 is 6.86. The molecule has 3 rings (SSSR count). The topological polar surface area (TPSA) is 84.7 Å². The average Bonchev–Trinajstić information content (AvgIpc) is 3.17. The second-order valence-electron chi connectivity index (χ2n) is 6.37. The largest absolute Gasteiger partial charge is 0.497 e. The first-order valence-electron chi connectivity index (χ1n) is 8.88. The van der Waals surface area contributed by atoms with Gasteiger partial charge in [-0.2, -0.15) is 5.10 Å². The van der Waals surface area contributed by atoms with Crippen molar-refractivity contribution < 1.29 is 19.5 Å². The van der Waals surface area contributed by atoms with E-state index in [0.717, 1.165) is 11.3 Å². The Morgan fingerprint density at radius 3 is 2.34 bits per heavy atom. The monoisotopic (exact) mass is 413 g/mol. The minimum Gasteiger partial charge on any atom is -0.497 e. The summed E-state index contributed by atoms with van der Waals surface area (Å²) in [5.74, 6) is -0.120. The molecule has 0 bridgehead atoms. The zero-order valence-corrected chi connectivity index (χ0v) is 16.8. The Morgan fingerprint density at radius 1 is 1.10 bits per heavy atom. The summed E-state index contributed by atoms with van der Waals surface area (Å²) in [5, 5.41) is 14.7. The Labute approximate surface area is 173 Å². The van der Waals surface area contributed by atoms with Crippen LogP contribution in [0.15, 0.2) is 54.6 Å². The number of hydroxylamine groups is 2. The van der Waals surface area contributed by atoms with Gasteiger partial charge in [0.05, 0.1) is 18.5 Å². The highest BCUT2D eigenvalue weighted by Crippen LogP contribution is 2.27. The van der Waals surface area contributed by atoms with E-state index < -0.39 is 5.91 Å².